The fourth-order valence-electron chi connectivity index (χ4n) is 3.77. The van der Waals surface area contributed by atoms with E-state index in [2.05, 4.69) is 4.99 Å². The molecule has 2 saturated heterocycles. The minimum Gasteiger partial charge on any atom is -0.342 e. The number of hydrogen-bond acceptors (Lipinski definition) is 4. The molecule has 8 heteroatoms. The van der Waals surface area contributed by atoms with Gasteiger partial charge < -0.3 is 4.90 Å². The van der Waals surface area contributed by atoms with Gasteiger partial charge in [-0.3, -0.25) is 4.79 Å². The number of amides is 1. The zero-order valence-corrected chi connectivity index (χ0v) is 18.3. The summed E-state index contributed by atoms with van der Waals surface area (Å²) in [5, 5.41) is 1.10. The maximum atomic E-state index is 12.6. The number of halogens is 1. The lowest BCUT2D eigenvalue weighted by Crippen LogP contribution is -2.37. The van der Waals surface area contributed by atoms with Gasteiger partial charge >= 0.3 is 0 Å². The van der Waals surface area contributed by atoms with E-state index in [1.165, 1.54) is 11.8 Å². The first-order valence-corrected chi connectivity index (χ1v) is 12.4. The minimum absolute atomic E-state index is 0.0835. The van der Waals surface area contributed by atoms with Crippen LogP contribution >= 0.6 is 23.4 Å². The van der Waals surface area contributed by atoms with Crippen LogP contribution in [0.1, 0.15) is 16.7 Å². The van der Waals surface area contributed by atoms with Gasteiger partial charge in [0.1, 0.15) is 0 Å². The van der Waals surface area contributed by atoms with Crippen LogP contribution in [0.5, 0.6) is 0 Å². The Morgan fingerprint density at radius 3 is 2.76 bits per heavy atom. The number of amidine groups is 1. The van der Waals surface area contributed by atoms with Crippen LogP contribution in [-0.4, -0.2) is 47.2 Å². The third-order valence-corrected chi connectivity index (χ3v) is 8.75. The summed E-state index contributed by atoms with van der Waals surface area (Å²) in [6, 6.07) is 15.1. The van der Waals surface area contributed by atoms with Gasteiger partial charge in [0.25, 0.3) is 5.91 Å². The molecule has 0 aromatic heterocycles. The van der Waals surface area contributed by atoms with E-state index in [0.29, 0.717) is 16.7 Å². The van der Waals surface area contributed by atoms with Gasteiger partial charge in [-0.2, -0.15) is 4.99 Å². The first-order chi connectivity index (χ1) is 13.8. The highest BCUT2D eigenvalue weighted by atomic mass is 35.5. The number of rotatable bonds is 4. The zero-order chi connectivity index (χ0) is 20.6. The highest BCUT2D eigenvalue weighted by Gasteiger charge is 2.48. The normalized spacial score (nSPS) is 24.1. The summed E-state index contributed by atoms with van der Waals surface area (Å²) >= 11 is 7.71. The largest absolute Gasteiger partial charge is 0.342 e. The number of benzene rings is 2. The Balaban J connectivity index is 1.59. The standard InChI is InChI=1S/C21H21ClN2O3S2/c1-14-5-4-6-15(9-14)10-20(25)23-21-24(11-16-7-2-3-8-17(16)22)18-12-29(26,27)13-19(18)28-21/h2-9,18-19H,10-13H2,1H3/t18-,19+/m0/s1. The van der Waals surface area contributed by atoms with E-state index in [9.17, 15) is 13.2 Å². The molecule has 2 aromatic carbocycles. The van der Waals surface area contributed by atoms with Gasteiger partial charge in [-0.15, -0.1) is 0 Å². The highest BCUT2D eigenvalue weighted by molar-refractivity contribution is 8.15. The van der Waals surface area contributed by atoms with Crippen molar-refractivity contribution >= 4 is 44.3 Å². The van der Waals surface area contributed by atoms with Crippen LogP contribution in [-0.2, 0) is 27.6 Å². The molecule has 152 valence electrons. The Morgan fingerprint density at radius 2 is 2.00 bits per heavy atom. The molecule has 2 atom stereocenters. The van der Waals surface area contributed by atoms with E-state index in [0.717, 1.165) is 16.7 Å². The quantitative estimate of drug-likeness (QED) is 0.716. The predicted octanol–water partition coefficient (Wildman–Crippen LogP) is 3.49. The second kappa shape index (κ2) is 8.13. The molecule has 0 saturated carbocycles. The van der Waals surface area contributed by atoms with Crippen molar-refractivity contribution in [3.63, 3.8) is 0 Å². The summed E-state index contributed by atoms with van der Waals surface area (Å²) < 4.78 is 24.3. The van der Waals surface area contributed by atoms with E-state index in [4.69, 9.17) is 11.6 Å². The molecular weight excluding hydrogens is 428 g/mol. The average Bonchev–Trinajstić information content (AvgIpc) is 3.09. The molecule has 0 N–H and O–H groups in total. The highest BCUT2D eigenvalue weighted by Crippen LogP contribution is 2.39. The molecule has 0 bridgehead atoms. The van der Waals surface area contributed by atoms with Gasteiger partial charge in [-0.05, 0) is 24.1 Å². The fourth-order valence-corrected chi connectivity index (χ4v) is 7.94. The molecule has 1 amide bonds. The fraction of sp³-hybridized carbons (Fsp3) is 0.333. The average molecular weight is 449 g/mol. The molecule has 0 aliphatic carbocycles. The van der Waals surface area contributed by atoms with Crippen LogP contribution in [0.4, 0.5) is 0 Å². The van der Waals surface area contributed by atoms with Crippen molar-refractivity contribution in [1.82, 2.24) is 4.90 Å². The second-order valence-electron chi connectivity index (χ2n) is 7.47. The Kier molecular flexibility index (Phi) is 5.73. The van der Waals surface area contributed by atoms with Crippen molar-refractivity contribution < 1.29 is 13.2 Å². The molecule has 0 unspecified atom stereocenters. The molecule has 29 heavy (non-hydrogen) atoms. The third kappa shape index (κ3) is 4.68. The number of fused-ring (bicyclic) bond motifs is 1. The number of sulfone groups is 1. The molecule has 2 aliphatic heterocycles. The number of carbonyl (C=O) groups excluding carboxylic acids is 1. The topological polar surface area (TPSA) is 66.8 Å². The van der Waals surface area contributed by atoms with Crippen LogP contribution < -0.4 is 0 Å². The van der Waals surface area contributed by atoms with Crippen molar-refractivity contribution in [3.05, 3.63) is 70.2 Å². The number of hydrogen-bond donors (Lipinski definition) is 0. The first kappa shape index (κ1) is 20.4. The number of nitrogens with zero attached hydrogens (tertiary/aromatic N) is 2. The monoisotopic (exact) mass is 448 g/mol. The van der Waals surface area contributed by atoms with E-state index in [-0.39, 0.29) is 35.1 Å². The number of carbonyl (C=O) groups is 1. The van der Waals surface area contributed by atoms with Gasteiger partial charge in [0.15, 0.2) is 15.0 Å². The molecule has 2 heterocycles. The molecular formula is C21H21ClN2O3S2. The smallest absolute Gasteiger partial charge is 0.252 e. The lowest BCUT2D eigenvalue weighted by Gasteiger charge is -2.25. The van der Waals surface area contributed by atoms with Crippen LogP contribution in [0.2, 0.25) is 5.02 Å². The van der Waals surface area contributed by atoms with E-state index in [1.54, 1.807) is 0 Å². The maximum Gasteiger partial charge on any atom is 0.252 e. The van der Waals surface area contributed by atoms with Gasteiger partial charge in [0, 0.05) is 16.8 Å². The van der Waals surface area contributed by atoms with Crippen LogP contribution in [0.15, 0.2) is 53.5 Å². The van der Waals surface area contributed by atoms with Gasteiger partial charge in [0.05, 0.1) is 24.0 Å². The predicted molar refractivity (Wildman–Crippen MR) is 118 cm³/mol. The second-order valence-corrected chi connectivity index (χ2v) is 11.2. The Labute approximate surface area is 180 Å². The molecule has 4 rings (SSSR count). The summed E-state index contributed by atoms with van der Waals surface area (Å²) in [6.07, 6.45) is 0.222. The molecule has 0 radical (unpaired) electrons. The maximum absolute atomic E-state index is 12.6. The van der Waals surface area contributed by atoms with Gasteiger partial charge in [0.2, 0.25) is 0 Å². The first-order valence-electron chi connectivity index (χ1n) is 9.35. The SMILES string of the molecule is Cc1cccc(CC(=O)N=C2S[C@@H]3CS(=O)(=O)C[C@@H]3N2Cc2ccccc2Cl)c1. The van der Waals surface area contributed by atoms with Gasteiger partial charge in [-0.1, -0.05) is 71.4 Å². The van der Waals surface area contributed by atoms with Crippen LogP contribution in [0.3, 0.4) is 0 Å². The van der Waals surface area contributed by atoms with Crippen molar-refractivity contribution in [2.75, 3.05) is 11.5 Å². The van der Waals surface area contributed by atoms with Gasteiger partial charge in [-0.25, -0.2) is 8.42 Å². The summed E-state index contributed by atoms with van der Waals surface area (Å²) in [4.78, 5) is 18.9. The Morgan fingerprint density at radius 1 is 1.21 bits per heavy atom. The number of aryl methyl sites for hydroxylation is 1. The van der Waals surface area contributed by atoms with E-state index >= 15 is 0 Å². The summed E-state index contributed by atoms with van der Waals surface area (Å²) in [5.41, 5.74) is 2.90. The molecule has 2 aliphatic rings. The lowest BCUT2D eigenvalue weighted by molar-refractivity contribution is -0.117. The molecule has 2 fully saturated rings. The Hall–Kier alpha value is -1.83. The van der Waals surface area contributed by atoms with Crippen LogP contribution in [0.25, 0.3) is 0 Å². The third-order valence-electron chi connectivity index (χ3n) is 5.13. The molecule has 2 aromatic rings. The zero-order valence-electron chi connectivity index (χ0n) is 15.9. The number of aliphatic imine (C=N–C) groups is 1. The summed E-state index contributed by atoms with van der Waals surface area (Å²) in [7, 11) is -3.08. The molecule has 0 spiro atoms. The van der Waals surface area contributed by atoms with Crippen LogP contribution in [0, 0.1) is 6.92 Å². The van der Waals surface area contributed by atoms with Crippen molar-refractivity contribution in [1.29, 1.82) is 0 Å². The Bertz CT molecular complexity index is 1080. The van der Waals surface area contributed by atoms with Crippen molar-refractivity contribution in [2.45, 2.75) is 31.2 Å². The minimum atomic E-state index is -3.08. The number of thioether (sulfide) groups is 1. The van der Waals surface area contributed by atoms with E-state index < -0.39 is 9.84 Å². The van der Waals surface area contributed by atoms with Crippen molar-refractivity contribution in [2.24, 2.45) is 4.99 Å². The van der Waals surface area contributed by atoms with Crippen molar-refractivity contribution in [3.8, 4) is 0 Å². The lowest BCUT2D eigenvalue weighted by atomic mass is 10.1. The summed E-state index contributed by atoms with van der Waals surface area (Å²) in [6.45, 7) is 2.42. The van der Waals surface area contributed by atoms with E-state index in [1.807, 2.05) is 60.4 Å². The molecule has 5 nitrogen and oxygen atoms in total. The summed E-state index contributed by atoms with van der Waals surface area (Å²) in [5.74, 6) is -0.0304.